The number of anilines is 1. The summed E-state index contributed by atoms with van der Waals surface area (Å²) in [4.78, 5) is 4.81. The third-order valence-corrected chi connectivity index (χ3v) is 4.32. The van der Waals surface area contributed by atoms with Crippen molar-refractivity contribution < 1.29 is 0 Å². The normalized spacial score (nSPS) is 11.5. The summed E-state index contributed by atoms with van der Waals surface area (Å²) in [6.45, 7) is 8.50. The number of aryl methyl sites for hydroxylation is 2. The molecule has 0 aliphatic carbocycles. The standard InChI is InChI=1S/C16H18N4S/c1-8(2)12-7-11(15-19-20-16(17)21-15)14-10(4)5-9(3)6-13(14)18-12/h5-8H,1-4H3,(H2,17,20). The molecule has 2 N–H and O–H groups in total. The Bertz CT molecular complexity index is 821. The van der Waals surface area contributed by atoms with Crippen LogP contribution in [0.5, 0.6) is 0 Å². The molecule has 1 aromatic carbocycles. The second-order valence-corrected chi connectivity index (χ2v) is 6.68. The maximum atomic E-state index is 5.75. The summed E-state index contributed by atoms with van der Waals surface area (Å²) in [5.74, 6) is 0.360. The lowest BCUT2D eigenvalue weighted by atomic mass is 9.98. The third-order valence-electron chi connectivity index (χ3n) is 3.53. The van der Waals surface area contributed by atoms with E-state index in [2.05, 4.69) is 56.1 Å². The molecular weight excluding hydrogens is 280 g/mol. The second kappa shape index (κ2) is 5.07. The molecule has 0 fully saturated rings. The zero-order chi connectivity index (χ0) is 15.1. The first-order valence-corrected chi connectivity index (χ1v) is 7.78. The zero-order valence-corrected chi connectivity index (χ0v) is 13.5. The van der Waals surface area contributed by atoms with Gasteiger partial charge >= 0.3 is 0 Å². The molecule has 0 aliphatic rings. The van der Waals surface area contributed by atoms with Crippen molar-refractivity contribution in [1.29, 1.82) is 0 Å². The molecule has 0 bridgehead atoms. The number of nitrogen functional groups attached to an aromatic ring is 1. The van der Waals surface area contributed by atoms with Crippen molar-refractivity contribution in [2.75, 3.05) is 5.73 Å². The van der Waals surface area contributed by atoms with Gasteiger partial charge in [-0.15, -0.1) is 10.2 Å². The van der Waals surface area contributed by atoms with Crippen molar-refractivity contribution in [2.45, 2.75) is 33.6 Å². The summed E-state index contributed by atoms with van der Waals surface area (Å²) < 4.78 is 0. The average Bonchev–Trinajstić information content (AvgIpc) is 2.83. The van der Waals surface area contributed by atoms with Gasteiger partial charge in [-0.3, -0.25) is 4.98 Å². The smallest absolute Gasteiger partial charge is 0.203 e. The highest BCUT2D eigenvalue weighted by molar-refractivity contribution is 7.18. The molecule has 0 unspecified atom stereocenters. The summed E-state index contributed by atoms with van der Waals surface area (Å²) in [7, 11) is 0. The third kappa shape index (κ3) is 2.49. The minimum absolute atomic E-state index is 0.360. The largest absolute Gasteiger partial charge is 0.374 e. The van der Waals surface area contributed by atoms with Gasteiger partial charge in [-0.05, 0) is 43.0 Å². The predicted octanol–water partition coefficient (Wildman–Crippen LogP) is 4.08. The number of pyridine rings is 1. The van der Waals surface area contributed by atoms with E-state index in [0.29, 0.717) is 11.0 Å². The number of fused-ring (bicyclic) bond motifs is 1. The first-order valence-electron chi connectivity index (χ1n) is 6.97. The van der Waals surface area contributed by atoms with Gasteiger partial charge in [0.15, 0.2) is 0 Å². The molecule has 2 aromatic heterocycles. The molecule has 4 nitrogen and oxygen atoms in total. The van der Waals surface area contributed by atoms with Gasteiger partial charge in [0.2, 0.25) is 5.13 Å². The Morgan fingerprint density at radius 1 is 1.10 bits per heavy atom. The van der Waals surface area contributed by atoms with Crippen molar-refractivity contribution in [3.05, 3.63) is 35.0 Å². The van der Waals surface area contributed by atoms with Crippen LogP contribution >= 0.6 is 11.3 Å². The molecule has 0 atom stereocenters. The van der Waals surface area contributed by atoms with Crippen LogP contribution in [0.4, 0.5) is 5.13 Å². The van der Waals surface area contributed by atoms with Gasteiger partial charge in [0, 0.05) is 16.6 Å². The zero-order valence-electron chi connectivity index (χ0n) is 12.6. The molecular formula is C16H18N4S. The molecule has 0 saturated heterocycles. The minimum Gasteiger partial charge on any atom is -0.374 e. The van der Waals surface area contributed by atoms with E-state index in [4.69, 9.17) is 10.7 Å². The summed E-state index contributed by atoms with van der Waals surface area (Å²) in [5, 5.41) is 10.7. The van der Waals surface area contributed by atoms with Crippen LogP contribution in [0.25, 0.3) is 21.5 Å². The number of benzene rings is 1. The molecule has 5 heteroatoms. The summed E-state index contributed by atoms with van der Waals surface area (Å²) in [5.41, 5.74) is 11.3. The van der Waals surface area contributed by atoms with Crippen LogP contribution in [0.3, 0.4) is 0 Å². The first kappa shape index (κ1) is 13.9. The van der Waals surface area contributed by atoms with Crippen molar-refractivity contribution in [2.24, 2.45) is 0 Å². The Morgan fingerprint density at radius 3 is 2.48 bits per heavy atom. The fourth-order valence-electron chi connectivity index (χ4n) is 2.58. The Kier molecular flexibility index (Phi) is 3.37. The SMILES string of the molecule is Cc1cc(C)c2c(-c3nnc(N)s3)cc(C(C)C)nc2c1. The predicted molar refractivity (Wildman–Crippen MR) is 88.6 cm³/mol. The van der Waals surface area contributed by atoms with Gasteiger partial charge in [-0.2, -0.15) is 0 Å². The number of aromatic nitrogens is 3. The van der Waals surface area contributed by atoms with Gasteiger partial charge in [-0.1, -0.05) is 31.3 Å². The van der Waals surface area contributed by atoms with E-state index >= 15 is 0 Å². The maximum absolute atomic E-state index is 5.75. The number of nitrogens with two attached hydrogens (primary N) is 1. The van der Waals surface area contributed by atoms with E-state index in [0.717, 1.165) is 27.2 Å². The van der Waals surface area contributed by atoms with Gasteiger partial charge in [0.05, 0.1) is 5.52 Å². The number of hydrogen-bond acceptors (Lipinski definition) is 5. The second-order valence-electron chi connectivity index (χ2n) is 5.67. The Labute approximate surface area is 128 Å². The highest BCUT2D eigenvalue weighted by Crippen LogP contribution is 2.35. The van der Waals surface area contributed by atoms with Crippen LogP contribution in [-0.2, 0) is 0 Å². The van der Waals surface area contributed by atoms with E-state index in [1.54, 1.807) is 0 Å². The fraction of sp³-hybridized carbons (Fsp3) is 0.312. The molecule has 0 aliphatic heterocycles. The lowest BCUT2D eigenvalue weighted by Crippen LogP contribution is -1.97. The van der Waals surface area contributed by atoms with E-state index < -0.39 is 0 Å². The molecule has 0 radical (unpaired) electrons. The van der Waals surface area contributed by atoms with Gasteiger partial charge in [0.1, 0.15) is 5.01 Å². The molecule has 0 amide bonds. The Morgan fingerprint density at radius 2 is 1.86 bits per heavy atom. The van der Waals surface area contributed by atoms with Crippen molar-refractivity contribution in [3.8, 4) is 10.6 Å². The topological polar surface area (TPSA) is 64.7 Å². The van der Waals surface area contributed by atoms with E-state index in [9.17, 15) is 0 Å². The maximum Gasteiger partial charge on any atom is 0.203 e. The van der Waals surface area contributed by atoms with E-state index in [1.165, 1.54) is 22.5 Å². The molecule has 21 heavy (non-hydrogen) atoms. The van der Waals surface area contributed by atoms with Crippen LogP contribution in [-0.4, -0.2) is 15.2 Å². The van der Waals surface area contributed by atoms with Gasteiger partial charge < -0.3 is 5.73 Å². The highest BCUT2D eigenvalue weighted by atomic mass is 32.1. The summed E-state index contributed by atoms with van der Waals surface area (Å²) in [6, 6.07) is 6.42. The Balaban J connectivity index is 2.40. The molecule has 3 aromatic rings. The molecule has 108 valence electrons. The quantitative estimate of drug-likeness (QED) is 0.774. The van der Waals surface area contributed by atoms with E-state index in [1.807, 2.05) is 0 Å². The lowest BCUT2D eigenvalue weighted by molar-refractivity contribution is 0.830. The average molecular weight is 298 g/mol. The molecule has 2 heterocycles. The van der Waals surface area contributed by atoms with Crippen LogP contribution in [0.1, 0.15) is 36.6 Å². The summed E-state index contributed by atoms with van der Waals surface area (Å²) in [6.07, 6.45) is 0. The summed E-state index contributed by atoms with van der Waals surface area (Å²) >= 11 is 1.42. The monoisotopic (exact) mass is 298 g/mol. The number of nitrogens with zero attached hydrogens (tertiary/aromatic N) is 3. The number of rotatable bonds is 2. The van der Waals surface area contributed by atoms with Crippen LogP contribution in [0, 0.1) is 13.8 Å². The van der Waals surface area contributed by atoms with Gasteiger partial charge in [-0.25, -0.2) is 0 Å². The van der Waals surface area contributed by atoms with Crippen molar-refractivity contribution in [3.63, 3.8) is 0 Å². The highest BCUT2D eigenvalue weighted by Gasteiger charge is 2.15. The number of hydrogen-bond donors (Lipinski definition) is 1. The van der Waals surface area contributed by atoms with Crippen LogP contribution < -0.4 is 5.73 Å². The fourth-order valence-corrected chi connectivity index (χ4v) is 3.22. The van der Waals surface area contributed by atoms with Gasteiger partial charge in [0.25, 0.3) is 0 Å². The van der Waals surface area contributed by atoms with Crippen molar-refractivity contribution in [1.82, 2.24) is 15.2 Å². The van der Waals surface area contributed by atoms with Crippen LogP contribution in [0.15, 0.2) is 18.2 Å². The first-order chi connectivity index (χ1) is 9.95. The van der Waals surface area contributed by atoms with Crippen LogP contribution in [0.2, 0.25) is 0 Å². The molecule has 3 rings (SSSR count). The molecule has 0 saturated carbocycles. The Hall–Kier alpha value is -2.01. The molecule has 0 spiro atoms. The van der Waals surface area contributed by atoms with E-state index in [-0.39, 0.29) is 0 Å². The minimum atomic E-state index is 0.360. The lowest BCUT2D eigenvalue weighted by Gasteiger charge is -2.12. The van der Waals surface area contributed by atoms with Crippen molar-refractivity contribution >= 4 is 27.4 Å².